The molecular formula is C6H10N2. The summed E-state index contributed by atoms with van der Waals surface area (Å²) in [6.45, 7) is 1.11. The molecule has 3 rings (SSSR count). The molecule has 8 heavy (non-hydrogen) atoms. The van der Waals surface area contributed by atoms with Crippen LogP contribution in [0.2, 0.25) is 0 Å². The molecule has 44 valence electrons. The normalized spacial score (nSPS) is 43.0. The van der Waals surface area contributed by atoms with Gasteiger partial charge in [-0.25, -0.2) is 0 Å². The predicted octanol–water partition coefficient (Wildman–Crippen LogP) is 0.191. The minimum absolute atomic E-state index is 0.611. The second kappa shape index (κ2) is 1.55. The van der Waals surface area contributed by atoms with Gasteiger partial charge in [0.15, 0.2) is 0 Å². The van der Waals surface area contributed by atoms with Crippen LogP contribution in [0.3, 0.4) is 0 Å². The Morgan fingerprint density at radius 3 is 2.62 bits per heavy atom. The van der Waals surface area contributed by atoms with Gasteiger partial charge in [-0.3, -0.25) is 4.99 Å². The summed E-state index contributed by atoms with van der Waals surface area (Å²) in [5.41, 5.74) is 0. The van der Waals surface area contributed by atoms with Gasteiger partial charge in [-0.1, -0.05) is 0 Å². The van der Waals surface area contributed by atoms with Crippen LogP contribution < -0.4 is 5.32 Å². The SMILES string of the molecule is C1=NC2CCC1NC2. The lowest BCUT2D eigenvalue weighted by Gasteiger charge is -2.30. The van der Waals surface area contributed by atoms with E-state index in [1.54, 1.807) is 0 Å². The molecule has 0 aromatic rings. The van der Waals surface area contributed by atoms with E-state index in [0.29, 0.717) is 12.1 Å². The first-order valence-corrected chi connectivity index (χ1v) is 3.22. The zero-order chi connectivity index (χ0) is 5.40. The van der Waals surface area contributed by atoms with Crippen molar-refractivity contribution < 1.29 is 0 Å². The average molecular weight is 110 g/mol. The summed E-state index contributed by atoms with van der Waals surface area (Å²) in [7, 11) is 0. The second-order valence-electron chi connectivity index (χ2n) is 2.54. The summed E-state index contributed by atoms with van der Waals surface area (Å²) in [4.78, 5) is 4.31. The third-order valence-electron chi connectivity index (χ3n) is 1.90. The third-order valence-corrected chi connectivity index (χ3v) is 1.90. The average Bonchev–Trinajstić information content (AvgIpc) is 1.92. The highest BCUT2D eigenvalue weighted by Crippen LogP contribution is 2.14. The minimum atomic E-state index is 0.611. The Morgan fingerprint density at radius 1 is 1.50 bits per heavy atom. The Kier molecular flexibility index (Phi) is 0.875. The maximum atomic E-state index is 4.31. The summed E-state index contributed by atoms with van der Waals surface area (Å²) >= 11 is 0. The molecule has 1 N–H and O–H groups in total. The molecule has 0 spiro atoms. The lowest BCUT2D eigenvalue weighted by Crippen LogP contribution is -2.46. The van der Waals surface area contributed by atoms with Crippen molar-refractivity contribution in [3.63, 3.8) is 0 Å². The van der Waals surface area contributed by atoms with E-state index in [9.17, 15) is 0 Å². The Bertz CT molecular complexity index is 97.7. The topological polar surface area (TPSA) is 24.4 Å². The molecule has 1 fully saturated rings. The predicted molar refractivity (Wildman–Crippen MR) is 33.3 cm³/mol. The van der Waals surface area contributed by atoms with Crippen molar-refractivity contribution in [2.75, 3.05) is 6.54 Å². The van der Waals surface area contributed by atoms with Crippen molar-refractivity contribution >= 4 is 6.21 Å². The first-order valence-electron chi connectivity index (χ1n) is 3.22. The first kappa shape index (κ1) is 4.50. The van der Waals surface area contributed by atoms with Crippen molar-refractivity contribution in [1.82, 2.24) is 5.32 Å². The molecule has 2 atom stereocenters. The van der Waals surface area contributed by atoms with Gasteiger partial charge in [-0.05, 0) is 12.8 Å². The lowest BCUT2D eigenvalue weighted by atomic mass is 9.99. The Balaban J connectivity index is 2.20. The summed E-state index contributed by atoms with van der Waals surface area (Å²) in [5.74, 6) is 0. The van der Waals surface area contributed by atoms with E-state index >= 15 is 0 Å². The van der Waals surface area contributed by atoms with Gasteiger partial charge in [0.25, 0.3) is 0 Å². The Labute approximate surface area is 49.0 Å². The highest BCUT2D eigenvalue weighted by atomic mass is 15.0. The molecule has 0 radical (unpaired) electrons. The standard InChI is InChI=1S/C6H10N2/c1-2-6-4-7-5(1)3-8-6/h3,5-7H,1-2,4H2. The molecule has 2 unspecified atom stereocenters. The molecule has 3 aliphatic rings. The molecule has 0 aromatic carbocycles. The number of fused-ring (bicyclic) bond motifs is 2. The fraction of sp³-hybridized carbons (Fsp3) is 0.833. The summed E-state index contributed by atoms with van der Waals surface area (Å²) < 4.78 is 0. The smallest absolute Gasteiger partial charge is 0.0621 e. The second-order valence-corrected chi connectivity index (χ2v) is 2.54. The van der Waals surface area contributed by atoms with Gasteiger partial charge in [0.05, 0.1) is 6.04 Å². The zero-order valence-electron chi connectivity index (χ0n) is 4.80. The van der Waals surface area contributed by atoms with Crippen molar-refractivity contribution in [3.05, 3.63) is 0 Å². The van der Waals surface area contributed by atoms with Crippen LogP contribution in [0.1, 0.15) is 12.8 Å². The van der Waals surface area contributed by atoms with Crippen molar-refractivity contribution in [1.29, 1.82) is 0 Å². The quantitative estimate of drug-likeness (QED) is 0.473. The van der Waals surface area contributed by atoms with E-state index in [4.69, 9.17) is 0 Å². The number of hydrogen-bond acceptors (Lipinski definition) is 2. The van der Waals surface area contributed by atoms with Crippen LogP contribution >= 0.6 is 0 Å². The summed E-state index contributed by atoms with van der Waals surface area (Å²) in [5, 5.41) is 3.37. The maximum absolute atomic E-state index is 4.31. The van der Waals surface area contributed by atoms with Gasteiger partial charge in [-0.15, -0.1) is 0 Å². The van der Waals surface area contributed by atoms with E-state index in [0.717, 1.165) is 6.54 Å². The molecule has 0 amide bonds. The number of piperidine rings is 1. The molecule has 0 aliphatic carbocycles. The molecule has 3 heterocycles. The number of aliphatic imine (C=N–C) groups is 1. The van der Waals surface area contributed by atoms with Crippen LogP contribution in [0.5, 0.6) is 0 Å². The van der Waals surface area contributed by atoms with Gasteiger partial charge in [0.1, 0.15) is 0 Å². The Hall–Kier alpha value is -0.370. The molecule has 2 nitrogen and oxygen atoms in total. The molecule has 1 saturated heterocycles. The van der Waals surface area contributed by atoms with E-state index in [2.05, 4.69) is 16.5 Å². The van der Waals surface area contributed by atoms with Crippen molar-refractivity contribution in [3.8, 4) is 0 Å². The molecular weight excluding hydrogens is 100 g/mol. The highest BCUT2D eigenvalue weighted by molar-refractivity contribution is 5.66. The zero-order valence-corrected chi connectivity index (χ0v) is 4.80. The molecule has 2 bridgehead atoms. The number of nitrogens with one attached hydrogen (secondary N) is 1. The van der Waals surface area contributed by atoms with Gasteiger partial charge in [0.2, 0.25) is 0 Å². The van der Waals surface area contributed by atoms with Crippen molar-refractivity contribution in [2.24, 2.45) is 4.99 Å². The van der Waals surface area contributed by atoms with Crippen LogP contribution in [0.25, 0.3) is 0 Å². The van der Waals surface area contributed by atoms with Gasteiger partial charge in [-0.2, -0.15) is 0 Å². The van der Waals surface area contributed by atoms with Crippen LogP contribution in [0, 0.1) is 0 Å². The van der Waals surface area contributed by atoms with Gasteiger partial charge < -0.3 is 5.32 Å². The summed E-state index contributed by atoms with van der Waals surface area (Å²) in [6.07, 6.45) is 4.65. The number of nitrogens with zero attached hydrogens (tertiary/aromatic N) is 1. The minimum Gasteiger partial charge on any atom is -0.307 e. The molecule has 3 aliphatic heterocycles. The van der Waals surface area contributed by atoms with Crippen LogP contribution in [-0.4, -0.2) is 24.8 Å². The highest BCUT2D eigenvalue weighted by Gasteiger charge is 2.22. The maximum Gasteiger partial charge on any atom is 0.0621 e. The van der Waals surface area contributed by atoms with Gasteiger partial charge in [0, 0.05) is 18.8 Å². The van der Waals surface area contributed by atoms with E-state index in [1.165, 1.54) is 12.8 Å². The number of rotatable bonds is 0. The van der Waals surface area contributed by atoms with Crippen LogP contribution in [0.4, 0.5) is 0 Å². The lowest BCUT2D eigenvalue weighted by molar-refractivity contribution is 0.402. The molecule has 2 heteroatoms. The van der Waals surface area contributed by atoms with E-state index in [-0.39, 0.29) is 0 Å². The third kappa shape index (κ3) is 0.564. The van der Waals surface area contributed by atoms with E-state index in [1.807, 2.05) is 0 Å². The molecule has 0 saturated carbocycles. The van der Waals surface area contributed by atoms with E-state index < -0.39 is 0 Å². The molecule has 0 aromatic heterocycles. The van der Waals surface area contributed by atoms with Crippen LogP contribution in [0.15, 0.2) is 4.99 Å². The fourth-order valence-electron chi connectivity index (χ4n) is 1.34. The summed E-state index contributed by atoms with van der Waals surface area (Å²) in [6, 6.07) is 1.22. The first-order chi connectivity index (χ1) is 3.95. The largest absolute Gasteiger partial charge is 0.307 e. The number of hydrogen-bond donors (Lipinski definition) is 1. The monoisotopic (exact) mass is 110 g/mol. The van der Waals surface area contributed by atoms with Gasteiger partial charge >= 0.3 is 0 Å². The van der Waals surface area contributed by atoms with Crippen molar-refractivity contribution in [2.45, 2.75) is 24.9 Å². The van der Waals surface area contributed by atoms with Crippen LogP contribution in [-0.2, 0) is 0 Å². The Morgan fingerprint density at radius 2 is 2.50 bits per heavy atom. The fourth-order valence-corrected chi connectivity index (χ4v) is 1.34.